The molecule has 0 fully saturated rings. The number of hydrogen-bond donors (Lipinski definition) is 1. The predicted molar refractivity (Wildman–Crippen MR) is 122 cm³/mol. The van der Waals surface area contributed by atoms with E-state index in [1.165, 1.54) is 4.90 Å². The Morgan fingerprint density at radius 3 is 2.10 bits per heavy atom. The summed E-state index contributed by atoms with van der Waals surface area (Å²) < 4.78 is 24.4. The first-order valence-corrected chi connectivity index (χ1v) is 11.2. The van der Waals surface area contributed by atoms with Crippen molar-refractivity contribution in [2.75, 3.05) is 25.2 Å². The van der Waals surface area contributed by atoms with E-state index in [9.17, 15) is 18.4 Å². The Hall–Kier alpha value is -0.730. The second-order valence-electron chi connectivity index (χ2n) is 5.77. The Kier molecular flexibility index (Phi) is 14.8. The van der Waals surface area contributed by atoms with Crippen LogP contribution in [0.25, 0.3) is 0 Å². The quantitative estimate of drug-likeness (QED) is 0.386. The molecule has 2 aliphatic heterocycles. The minimum Gasteiger partial charge on any atom is -1.00 e. The lowest BCUT2D eigenvalue weighted by atomic mass is 10.2. The molecule has 6 nitrogen and oxygen atoms in total. The molecule has 12 heteroatoms. The maximum atomic E-state index is 12.1. The summed E-state index contributed by atoms with van der Waals surface area (Å²) in [4.78, 5) is 32.3. The van der Waals surface area contributed by atoms with Crippen LogP contribution in [0.15, 0.2) is 33.5 Å². The van der Waals surface area contributed by atoms with E-state index < -0.39 is 6.67 Å². The van der Waals surface area contributed by atoms with E-state index in [1.807, 2.05) is 0 Å². The Morgan fingerprint density at radius 1 is 1.00 bits per heavy atom. The van der Waals surface area contributed by atoms with Crippen molar-refractivity contribution < 1.29 is 42.3 Å². The van der Waals surface area contributed by atoms with Crippen molar-refractivity contribution in [1.82, 2.24) is 20.2 Å². The van der Waals surface area contributed by atoms with Crippen LogP contribution in [-0.4, -0.2) is 51.9 Å². The Balaban J connectivity index is 0.000000478. The number of fused-ring (bicyclic) bond motifs is 2. The van der Waals surface area contributed by atoms with Crippen molar-refractivity contribution in [3.8, 4) is 0 Å². The molecule has 0 radical (unpaired) electrons. The summed E-state index contributed by atoms with van der Waals surface area (Å²) in [6.45, 7) is 0.348. The summed E-state index contributed by atoms with van der Waals surface area (Å²) >= 11 is 9.37. The molecule has 0 atom stereocenters. The molecule has 1 N–H and O–H groups in total. The molecular formula is C19H21Br3F2IN4O2-. The third-order valence-electron chi connectivity index (χ3n) is 3.82. The largest absolute Gasteiger partial charge is 1.00 e. The van der Waals surface area contributed by atoms with E-state index in [-0.39, 0.29) is 56.4 Å². The lowest BCUT2D eigenvalue weighted by Gasteiger charge is -2.11. The molecule has 172 valence electrons. The molecule has 2 aliphatic rings. The van der Waals surface area contributed by atoms with Crippen LogP contribution in [-0.2, 0) is 13.1 Å². The van der Waals surface area contributed by atoms with Gasteiger partial charge in [-0.1, -0.05) is 23.4 Å². The molecule has 0 saturated carbocycles. The minimum atomic E-state index is -0.513. The maximum absolute atomic E-state index is 12.1. The highest BCUT2D eigenvalue weighted by atomic mass is 127. The number of aromatic nitrogens is 2. The van der Waals surface area contributed by atoms with Gasteiger partial charge in [-0.3, -0.25) is 23.9 Å². The van der Waals surface area contributed by atoms with Gasteiger partial charge in [-0.05, 0) is 44.0 Å². The maximum Gasteiger partial charge on any atom is 0.256 e. The summed E-state index contributed by atoms with van der Waals surface area (Å²) in [6.07, 6.45) is 3.34. The average Bonchev–Trinajstić information content (AvgIpc) is 3.23. The zero-order valence-electron chi connectivity index (χ0n) is 15.5. The van der Waals surface area contributed by atoms with Crippen LogP contribution >= 0.6 is 47.8 Å². The van der Waals surface area contributed by atoms with Gasteiger partial charge in [-0.2, -0.15) is 0 Å². The molecule has 31 heavy (non-hydrogen) atoms. The highest BCUT2D eigenvalue weighted by molar-refractivity contribution is 9.10. The molecular weight excluding hydrogens is 721 g/mol. The Labute approximate surface area is 222 Å². The standard InChI is InChI=1S/C9H8BrFN2O.C7H5BrN2O.C2H4BrF.CH4.HI/c10-6-3-7-8(12-4-6)5-13(2-1-11)9(7)14;8-4-1-5-6(9-2-4)3-10-7(5)11;3-1-2-4;;/h3-4H,1-2,5H2;1-2H,3H2,(H,10,11);1-2H2;1H4;1H/p-1. The second kappa shape index (κ2) is 15.2. The van der Waals surface area contributed by atoms with Gasteiger partial charge >= 0.3 is 0 Å². The van der Waals surface area contributed by atoms with Gasteiger partial charge in [0.05, 0.1) is 42.3 Å². The van der Waals surface area contributed by atoms with Crippen molar-refractivity contribution in [1.29, 1.82) is 0 Å². The Bertz CT molecular complexity index is 891. The van der Waals surface area contributed by atoms with Crippen LogP contribution in [0.5, 0.6) is 0 Å². The number of nitrogens with zero attached hydrogens (tertiary/aromatic N) is 3. The molecule has 0 unspecified atom stereocenters. The SMILES string of the molecule is C.FCCBr.O=C1NCc2ncc(Br)cc21.O=C1c2cc(Br)cnc2CN1CCF.[I-]. The fourth-order valence-electron chi connectivity index (χ4n) is 2.55. The van der Waals surface area contributed by atoms with Crippen LogP contribution in [0.1, 0.15) is 39.5 Å². The number of nitrogens with one attached hydrogen (secondary N) is 1. The summed E-state index contributed by atoms with van der Waals surface area (Å²) in [6, 6.07) is 3.51. The molecule has 0 spiro atoms. The summed E-state index contributed by atoms with van der Waals surface area (Å²) in [5.41, 5.74) is 2.82. The predicted octanol–water partition coefficient (Wildman–Crippen LogP) is 1.85. The highest BCUT2D eigenvalue weighted by Gasteiger charge is 2.28. The number of carbonyl (C=O) groups is 2. The fourth-order valence-corrected chi connectivity index (χ4v) is 3.21. The number of carbonyl (C=O) groups excluding carboxylic acids is 2. The van der Waals surface area contributed by atoms with Crippen LogP contribution in [0, 0.1) is 0 Å². The molecule has 2 amide bonds. The number of hydrogen-bond acceptors (Lipinski definition) is 4. The molecule has 0 bridgehead atoms. The molecule has 2 aromatic heterocycles. The molecule has 0 saturated heterocycles. The average molecular weight is 742 g/mol. The third kappa shape index (κ3) is 8.61. The van der Waals surface area contributed by atoms with Crippen molar-refractivity contribution >= 4 is 59.6 Å². The highest BCUT2D eigenvalue weighted by Crippen LogP contribution is 2.23. The number of alkyl halides is 3. The van der Waals surface area contributed by atoms with E-state index in [0.29, 0.717) is 29.5 Å². The van der Waals surface area contributed by atoms with Crippen LogP contribution in [0.4, 0.5) is 8.78 Å². The normalized spacial score (nSPS) is 12.7. The van der Waals surface area contributed by atoms with E-state index in [1.54, 1.807) is 24.5 Å². The number of halogens is 6. The fraction of sp³-hybridized carbons (Fsp3) is 0.368. The molecule has 4 rings (SSSR count). The van der Waals surface area contributed by atoms with Crippen LogP contribution in [0.2, 0.25) is 0 Å². The number of rotatable bonds is 3. The van der Waals surface area contributed by atoms with Gasteiger partial charge in [0.1, 0.15) is 6.67 Å². The second-order valence-corrected chi connectivity index (χ2v) is 8.40. The third-order valence-corrected chi connectivity index (χ3v) is 4.99. The number of amides is 2. The van der Waals surface area contributed by atoms with Gasteiger partial charge in [0.15, 0.2) is 0 Å². The van der Waals surface area contributed by atoms with Crippen molar-refractivity contribution in [3.05, 3.63) is 56.0 Å². The first-order chi connectivity index (χ1) is 13.9. The Morgan fingerprint density at radius 2 is 1.55 bits per heavy atom. The van der Waals surface area contributed by atoms with Crippen molar-refractivity contribution in [2.24, 2.45) is 0 Å². The first-order valence-electron chi connectivity index (χ1n) is 8.45. The van der Waals surface area contributed by atoms with E-state index in [0.717, 1.165) is 20.3 Å². The van der Waals surface area contributed by atoms with Gasteiger partial charge in [0.2, 0.25) is 0 Å². The van der Waals surface area contributed by atoms with E-state index >= 15 is 0 Å². The topological polar surface area (TPSA) is 75.2 Å². The monoisotopic (exact) mass is 739 g/mol. The van der Waals surface area contributed by atoms with Gasteiger partial charge in [0, 0.05) is 33.2 Å². The molecule has 0 aromatic carbocycles. The lowest BCUT2D eigenvalue weighted by molar-refractivity contribution is -0.0000241. The molecule has 0 aliphatic carbocycles. The zero-order chi connectivity index (χ0) is 21.4. The van der Waals surface area contributed by atoms with Crippen LogP contribution in [0.3, 0.4) is 0 Å². The minimum absolute atomic E-state index is 0. The van der Waals surface area contributed by atoms with E-state index in [2.05, 4.69) is 63.1 Å². The van der Waals surface area contributed by atoms with Gasteiger partial charge in [-0.25, -0.2) is 4.39 Å². The van der Waals surface area contributed by atoms with Crippen molar-refractivity contribution in [3.63, 3.8) is 0 Å². The number of pyridine rings is 2. The van der Waals surface area contributed by atoms with Crippen LogP contribution < -0.4 is 29.3 Å². The van der Waals surface area contributed by atoms with Gasteiger partial charge in [-0.15, -0.1) is 0 Å². The summed E-state index contributed by atoms with van der Waals surface area (Å²) in [7, 11) is 0. The smallest absolute Gasteiger partial charge is 0.256 e. The van der Waals surface area contributed by atoms with Gasteiger partial charge < -0.3 is 34.2 Å². The first kappa shape index (κ1) is 30.3. The molecule has 2 aromatic rings. The zero-order valence-corrected chi connectivity index (χ0v) is 22.4. The summed E-state index contributed by atoms with van der Waals surface area (Å²) in [5, 5.41) is 3.16. The molecule has 4 heterocycles. The van der Waals surface area contributed by atoms with Crippen molar-refractivity contribution in [2.45, 2.75) is 20.5 Å². The lowest BCUT2D eigenvalue weighted by Crippen LogP contribution is -3.00. The van der Waals surface area contributed by atoms with E-state index in [4.69, 9.17) is 0 Å². The van der Waals surface area contributed by atoms with Gasteiger partial charge in [0.25, 0.3) is 11.8 Å². The summed E-state index contributed by atoms with van der Waals surface area (Å²) in [5.74, 6) is -0.166.